The van der Waals surface area contributed by atoms with E-state index in [0.717, 1.165) is 34.8 Å². The molecular formula is C25H24BrIN2O5. The molecule has 1 aliphatic heterocycles. The van der Waals surface area contributed by atoms with Crippen LogP contribution in [0.4, 0.5) is 4.79 Å². The van der Waals surface area contributed by atoms with Crippen LogP contribution in [0.2, 0.25) is 0 Å². The van der Waals surface area contributed by atoms with Gasteiger partial charge in [0.1, 0.15) is 12.2 Å². The van der Waals surface area contributed by atoms with Gasteiger partial charge in [-0.3, -0.25) is 19.8 Å². The molecule has 4 amide bonds. The lowest BCUT2D eigenvalue weighted by atomic mass is 10.0. The molecule has 0 radical (unpaired) electrons. The van der Waals surface area contributed by atoms with Crippen molar-refractivity contribution < 1.29 is 23.9 Å². The quantitative estimate of drug-likeness (QED) is 0.248. The maximum absolute atomic E-state index is 13.1. The van der Waals surface area contributed by atoms with Gasteiger partial charge in [0.05, 0.1) is 11.1 Å². The normalized spacial score (nSPS) is 17.9. The highest BCUT2D eigenvalue weighted by Crippen LogP contribution is 2.38. The molecule has 1 saturated heterocycles. The molecule has 1 heterocycles. The van der Waals surface area contributed by atoms with Gasteiger partial charge in [-0.05, 0) is 99.8 Å². The lowest BCUT2D eigenvalue weighted by Gasteiger charge is -2.31. The predicted octanol–water partition coefficient (Wildman–Crippen LogP) is 5.44. The second kappa shape index (κ2) is 10.9. The Bertz CT molecular complexity index is 1140. The number of nitrogens with zero attached hydrogens (tertiary/aromatic N) is 1. The molecule has 1 saturated carbocycles. The zero-order chi connectivity index (χ0) is 24.2. The first-order valence-corrected chi connectivity index (χ1v) is 13.0. The Morgan fingerprint density at radius 3 is 2.50 bits per heavy atom. The summed E-state index contributed by atoms with van der Waals surface area (Å²) < 4.78 is 13.6. The van der Waals surface area contributed by atoms with E-state index >= 15 is 0 Å². The molecule has 0 atom stereocenters. The van der Waals surface area contributed by atoms with Crippen LogP contribution in [0, 0.1) is 3.57 Å². The largest absolute Gasteiger partial charge is 0.490 e. The van der Waals surface area contributed by atoms with E-state index in [0.29, 0.717) is 34.7 Å². The Hall–Kier alpha value is -2.40. The molecule has 1 N–H and O–H groups in total. The molecule has 2 fully saturated rings. The number of rotatable bonds is 7. The number of barbiturate groups is 1. The fourth-order valence-corrected chi connectivity index (χ4v) is 5.08. The first-order valence-electron chi connectivity index (χ1n) is 11.1. The Morgan fingerprint density at radius 1 is 1.12 bits per heavy atom. The van der Waals surface area contributed by atoms with E-state index < -0.39 is 17.8 Å². The highest BCUT2D eigenvalue weighted by Gasteiger charge is 2.40. The van der Waals surface area contributed by atoms with Gasteiger partial charge in [0.25, 0.3) is 11.8 Å². The molecule has 7 nitrogen and oxygen atoms in total. The number of carbonyl (C=O) groups is 3. The lowest BCUT2D eigenvalue weighted by molar-refractivity contribution is -0.131. The smallest absolute Gasteiger partial charge is 0.331 e. The number of halogens is 2. The van der Waals surface area contributed by atoms with Gasteiger partial charge in [-0.25, -0.2) is 4.79 Å². The zero-order valence-electron chi connectivity index (χ0n) is 18.6. The number of nitrogens with one attached hydrogen (secondary N) is 1. The lowest BCUT2D eigenvalue weighted by Crippen LogP contribution is -2.57. The van der Waals surface area contributed by atoms with Crippen molar-refractivity contribution in [2.75, 3.05) is 6.61 Å². The molecule has 2 aromatic rings. The average molecular weight is 639 g/mol. The van der Waals surface area contributed by atoms with Crippen molar-refractivity contribution in [3.8, 4) is 11.5 Å². The van der Waals surface area contributed by atoms with Gasteiger partial charge in [-0.15, -0.1) is 0 Å². The summed E-state index contributed by atoms with van der Waals surface area (Å²) in [6.07, 6.45) is 4.93. The standard InChI is InChI=1S/C25H24BrIN2O5/c1-2-33-21-13-16(12-20(26)22(21)34-14-15-7-9-17(27)10-8-15)11-19-23(30)28-25(32)29(24(19)31)18-5-3-4-6-18/h7-13,18H,2-6,14H2,1H3,(H,28,30,32)/b19-11+. The van der Waals surface area contributed by atoms with Crippen LogP contribution in [0.3, 0.4) is 0 Å². The monoisotopic (exact) mass is 638 g/mol. The van der Waals surface area contributed by atoms with Crippen LogP contribution in [0.25, 0.3) is 6.08 Å². The summed E-state index contributed by atoms with van der Waals surface area (Å²) in [7, 11) is 0. The Balaban J connectivity index is 1.61. The Labute approximate surface area is 220 Å². The van der Waals surface area contributed by atoms with Crippen LogP contribution in [0.15, 0.2) is 46.4 Å². The summed E-state index contributed by atoms with van der Waals surface area (Å²) in [6.45, 7) is 2.64. The SMILES string of the molecule is CCOc1cc(/C=C2\C(=O)NC(=O)N(C3CCCC3)C2=O)cc(Br)c1OCc1ccc(I)cc1. The maximum atomic E-state index is 13.1. The van der Waals surface area contributed by atoms with Crippen molar-refractivity contribution >= 4 is 62.4 Å². The van der Waals surface area contributed by atoms with E-state index in [1.807, 2.05) is 31.2 Å². The summed E-state index contributed by atoms with van der Waals surface area (Å²) in [4.78, 5) is 39.1. The van der Waals surface area contributed by atoms with E-state index in [-0.39, 0.29) is 11.6 Å². The van der Waals surface area contributed by atoms with Crippen molar-refractivity contribution in [2.45, 2.75) is 45.3 Å². The van der Waals surface area contributed by atoms with Gasteiger partial charge in [-0.2, -0.15) is 0 Å². The van der Waals surface area contributed by atoms with Crippen LogP contribution in [-0.4, -0.2) is 35.4 Å². The predicted molar refractivity (Wildman–Crippen MR) is 139 cm³/mol. The minimum atomic E-state index is -0.697. The van der Waals surface area contributed by atoms with Crippen LogP contribution < -0.4 is 14.8 Å². The first-order chi connectivity index (χ1) is 16.4. The first kappa shape index (κ1) is 24.7. The summed E-state index contributed by atoms with van der Waals surface area (Å²) >= 11 is 5.79. The van der Waals surface area contributed by atoms with E-state index in [2.05, 4.69) is 43.8 Å². The van der Waals surface area contributed by atoms with Gasteiger partial charge in [-0.1, -0.05) is 25.0 Å². The van der Waals surface area contributed by atoms with E-state index in [1.54, 1.807) is 12.1 Å². The average Bonchev–Trinajstić information content (AvgIpc) is 3.32. The van der Waals surface area contributed by atoms with Crippen LogP contribution >= 0.6 is 38.5 Å². The number of amides is 4. The van der Waals surface area contributed by atoms with E-state index in [1.165, 1.54) is 11.0 Å². The Kier molecular flexibility index (Phi) is 7.92. The van der Waals surface area contributed by atoms with Crippen molar-refractivity contribution in [3.63, 3.8) is 0 Å². The minimum Gasteiger partial charge on any atom is -0.490 e. The number of urea groups is 1. The molecule has 178 valence electrons. The van der Waals surface area contributed by atoms with Crippen molar-refractivity contribution in [1.29, 1.82) is 0 Å². The number of hydrogen-bond donors (Lipinski definition) is 1. The van der Waals surface area contributed by atoms with Crippen molar-refractivity contribution in [1.82, 2.24) is 10.2 Å². The molecule has 34 heavy (non-hydrogen) atoms. The molecule has 0 unspecified atom stereocenters. The summed E-state index contributed by atoms with van der Waals surface area (Å²) in [5.41, 5.74) is 1.52. The third kappa shape index (κ3) is 5.46. The minimum absolute atomic E-state index is 0.0756. The molecule has 9 heteroatoms. The van der Waals surface area contributed by atoms with Gasteiger partial charge in [0, 0.05) is 9.61 Å². The van der Waals surface area contributed by atoms with E-state index in [4.69, 9.17) is 9.47 Å². The van der Waals surface area contributed by atoms with Gasteiger partial charge in [0.2, 0.25) is 0 Å². The van der Waals surface area contributed by atoms with Gasteiger partial charge < -0.3 is 9.47 Å². The van der Waals surface area contributed by atoms with Crippen LogP contribution in [-0.2, 0) is 16.2 Å². The highest BCUT2D eigenvalue weighted by molar-refractivity contribution is 14.1. The molecule has 0 spiro atoms. The number of carbonyl (C=O) groups excluding carboxylic acids is 3. The Morgan fingerprint density at radius 2 is 1.82 bits per heavy atom. The maximum Gasteiger partial charge on any atom is 0.331 e. The molecule has 2 aliphatic rings. The third-order valence-corrected chi connectivity index (χ3v) is 7.07. The van der Waals surface area contributed by atoms with Crippen LogP contribution in [0.1, 0.15) is 43.7 Å². The fourth-order valence-electron chi connectivity index (χ4n) is 4.14. The number of ether oxygens (including phenoxy) is 2. The molecule has 0 aromatic heterocycles. The second-order valence-electron chi connectivity index (χ2n) is 8.11. The molecule has 2 aromatic carbocycles. The number of hydrogen-bond acceptors (Lipinski definition) is 5. The topological polar surface area (TPSA) is 84.9 Å². The summed E-state index contributed by atoms with van der Waals surface area (Å²) in [5.74, 6) is -0.238. The summed E-state index contributed by atoms with van der Waals surface area (Å²) in [5, 5.41) is 2.31. The van der Waals surface area contributed by atoms with Crippen molar-refractivity contribution in [3.05, 3.63) is 61.1 Å². The zero-order valence-corrected chi connectivity index (χ0v) is 22.3. The van der Waals surface area contributed by atoms with Crippen LogP contribution in [0.5, 0.6) is 11.5 Å². The fraction of sp³-hybridized carbons (Fsp3) is 0.320. The molecule has 1 aliphatic carbocycles. The molecule has 0 bridgehead atoms. The van der Waals surface area contributed by atoms with Crippen molar-refractivity contribution in [2.24, 2.45) is 0 Å². The number of benzene rings is 2. The molecule has 4 rings (SSSR count). The molecular weight excluding hydrogens is 615 g/mol. The third-order valence-electron chi connectivity index (χ3n) is 5.76. The highest BCUT2D eigenvalue weighted by atomic mass is 127. The van der Waals surface area contributed by atoms with Gasteiger partial charge in [0.15, 0.2) is 11.5 Å². The number of imide groups is 2. The van der Waals surface area contributed by atoms with Gasteiger partial charge >= 0.3 is 6.03 Å². The van der Waals surface area contributed by atoms with E-state index in [9.17, 15) is 14.4 Å². The summed E-state index contributed by atoms with van der Waals surface area (Å²) in [6, 6.07) is 10.7. The second-order valence-corrected chi connectivity index (χ2v) is 10.2.